The van der Waals surface area contributed by atoms with Crippen LogP contribution in [0.4, 0.5) is 4.39 Å². The Balaban J connectivity index is 2.10. The van der Waals surface area contributed by atoms with Crippen LogP contribution in [-0.2, 0) is 0 Å². The summed E-state index contributed by atoms with van der Waals surface area (Å²) in [6, 6.07) is 12.5. The maximum absolute atomic E-state index is 13.9. The molecule has 3 heteroatoms. The number of nitriles is 1. The molecule has 0 heterocycles. The molecule has 0 spiro atoms. The van der Waals surface area contributed by atoms with Crippen molar-refractivity contribution in [2.45, 2.75) is 25.7 Å². The van der Waals surface area contributed by atoms with Crippen LogP contribution in [0.25, 0.3) is 16.7 Å². The SMILES string of the molecule is COc1cc(C2=CCCCC2)ccc1-c1cccc(F)c1C#N. The molecular formula is C20H18FNO. The van der Waals surface area contributed by atoms with Crippen LogP contribution in [0.1, 0.15) is 36.8 Å². The van der Waals surface area contributed by atoms with E-state index in [4.69, 9.17) is 4.74 Å². The fourth-order valence-electron chi connectivity index (χ4n) is 3.08. The van der Waals surface area contributed by atoms with Gasteiger partial charge in [0.15, 0.2) is 0 Å². The summed E-state index contributed by atoms with van der Waals surface area (Å²) in [7, 11) is 1.60. The van der Waals surface area contributed by atoms with Gasteiger partial charge in [-0.15, -0.1) is 0 Å². The van der Waals surface area contributed by atoms with Crippen molar-refractivity contribution in [3.8, 4) is 22.9 Å². The van der Waals surface area contributed by atoms with Crippen molar-refractivity contribution in [2.75, 3.05) is 7.11 Å². The van der Waals surface area contributed by atoms with Gasteiger partial charge >= 0.3 is 0 Å². The molecule has 2 nitrogen and oxygen atoms in total. The second-order valence-electron chi connectivity index (χ2n) is 5.66. The van der Waals surface area contributed by atoms with Crippen molar-refractivity contribution in [3.63, 3.8) is 0 Å². The van der Waals surface area contributed by atoms with E-state index in [1.807, 2.05) is 24.3 Å². The minimum Gasteiger partial charge on any atom is -0.496 e. The van der Waals surface area contributed by atoms with Gasteiger partial charge in [0.2, 0.25) is 0 Å². The smallest absolute Gasteiger partial charge is 0.141 e. The summed E-state index contributed by atoms with van der Waals surface area (Å²) in [5.41, 5.74) is 3.83. The Morgan fingerprint density at radius 1 is 1.13 bits per heavy atom. The lowest BCUT2D eigenvalue weighted by Gasteiger charge is -2.16. The molecule has 1 aliphatic carbocycles. The highest BCUT2D eigenvalue weighted by atomic mass is 19.1. The Hall–Kier alpha value is -2.60. The lowest BCUT2D eigenvalue weighted by Crippen LogP contribution is -1.96. The van der Waals surface area contributed by atoms with Crippen molar-refractivity contribution < 1.29 is 9.13 Å². The first-order chi connectivity index (χ1) is 11.2. The second-order valence-corrected chi connectivity index (χ2v) is 5.66. The molecule has 2 aromatic rings. The van der Waals surface area contributed by atoms with Gasteiger partial charge in [-0.1, -0.05) is 30.3 Å². The fraction of sp³-hybridized carbons (Fsp3) is 0.250. The molecular weight excluding hydrogens is 289 g/mol. The summed E-state index contributed by atoms with van der Waals surface area (Å²) in [5.74, 6) is 0.155. The molecule has 2 aromatic carbocycles. The first kappa shape index (κ1) is 15.3. The first-order valence-corrected chi connectivity index (χ1v) is 7.81. The van der Waals surface area contributed by atoms with Crippen LogP contribution >= 0.6 is 0 Å². The first-order valence-electron chi connectivity index (χ1n) is 7.81. The van der Waals surface area contributed by atoms with Crippen molar-refractivity contribution in [3.05, 3.63) is 59.4 Å². The summed E-state index contributed by atoms with van der Waals surface area (Å²) in [6.45, 7) is 0. The summed E-state index contributed by atoms with van der Waals surface area (Å²) < 4.78 is 19.4. The van der Waals surface area contributed by atoms with Crippen LogP contribution in [0, 0.1) is 17.1 Å². The molecule has 0 fully saturated rings. The number of benzene rings is 2. The van der Waals surface area contributed by atoms with Gasteiger partial charge in [0.05, 0.1) is 12.7 Å². The van der Waals surface area contributed by atoms with E-state index in [-0.39, 0.29) is 5.56 Å². The van der Waals surface area contributed by atoms with Crippen LogP contribution in [-0.4, -0.2) is 7.11 Å². The third kappa shape index (κ3) is 2.98. The van der Waals surface area contributed by atoms with E-state index in [1.54, 1.807) is 19.2 Å². The molecule has 0 N–H and O–H groups in total. The van der Waals surface area contributed by atoms with Gasteiger partial charge in [0.1, 0.15) is 17.6 Å². The van der Waals surface area contributed by atoms with Crippen LogP contribution in [0.2, 0.25) is 0 Å². The van der Waals surface area contributed by atoms with Crippen molar-refractivity contribution in [2.24, 2.45) is 0 Å². The van der Waals surface area contributed by atoms with E-state index in [9.17, 15) is 9.65 Å². The van der Waals surface area contributed by atoms with E-state index in [1.165, 1.54) is 24.5 Å². The second kappa shape index (κ2) is 6.66. The fourth-order valence-corrected chi connectivity index (χ4v) is 3.08. The van der Waals surface area contributed by atoms with E-state index >= 15 is 0 Å². The van der Waals surface area contributed by atoms with Gasteiger partial charge in [-0.3, -0.25) is 0 Å². The molecule has 0 unspecified atom stereocenters. The number of methoxy groups -OCH3 is 1. The van der Waals surface area contributed by atoms with Gasteiger partial charge in [-0.25, -0.2) is 4.39 Å². The molecule has 0 saturated heterocycles. The average molecular weight is 307 g/mol. The average Bonchev–Trinajstić information content (AvgIpc) is 2.61. The van der Waals surface area contributed by atoms with E-state index < -0.39 is 5.82 Å². The number of hydrogen-bond donors (Lipinski definition) is 0. The molecule has 0 saturated carbocycles. The maximum atomic E-state index is 13.9. The molecule has 3 rings (SSSR count). The zero-order chi connectivity index (χ0) is 16.2. The predicted octanol–water partition coefficient (Wildman–Crippen LogP) is 5.33. The monoisotopic (exact) mass is 307 g/mol. The van der Waals surface area contributed by atoms with Crippen LogP contribution in [0.5, 0.6) is 5.75 Å². The quantitative estimate of drug-likeness (QED) is 0.767. The lowest BCUT2D eigenvalue weighted by atomic mass is 9.91. The standard InChI is InChI=1S/C20H18FNO/c1-23-20-12-15(14-6-3-2-4-7-14)10-11-17(20)16-8-5-9-19(21)18(16)13-22/h5-6,8-12H,2-4,7H2,1H3. The molecule has 116 valence electrons. The summed E-state index contributed by atoms with van der Waals surface area (Å²) in [6.07, 6.45) is 6.92. The Labute approximate surface area is 135 Å². The number of ether oxygens (including phenoxy) is 1. The van der Waals surface area contributed by atoms with Crippen LogP contribution in [0.15, 0.2) is 42.5 Å². The van der Waals surface area contributed by atoms with E-state index in [0.29, 0.717) is 11.3 Å². The van der Waals surface area contributed by atoms with Crippen LogP contribution in [0.3, 0.4) is 0 Å². The van der Waals surface area contributed by atoms with E-state index in [2.05, 4.69) is 6.08 Å². The molecule has 0 aromatic heterocycles. The normalized spacial score (nSPS) is 14.0. The number of halogens is 1. The molecule has 0 amide bonds. The van der Waals surface area contributed by atoms with Crippen molar-refractivity contribution in [1.82, 2.24) is 0 Å². The minimum absolute atomic E-state index is 0.0513. The Kier molecular flexibility index (Phi) is 4.43. The molecule has 0 bridgehead atoms. The Morgan fingerprint density at radius 2 is 2.00 bits per heavy atom. The zero-order valence-electron chi connectivity index (χ0n) is 13.1. The molecule has 23 heavy (non-hydrogen) atoms. The third-order valence-electron chi connectivity index (χ3n) is 4.28. The van der Waals surface area contributed by atoms with Gasteiger partial charge < -0.3 is 4.74 Å². The number of rotatable bonds is 3. The highest BCUT2D eigenvalue weighted by molar-refractivity contribution is 5.79. The van der Waals surface area contributed by atoms with Crippen LogP contribution < -0.4 is 4.74 Å². The maximum Gasteiger partial charge on any atom is 0.141 e. The highest BCUT2D eigenvalue weighted by Crippen LogP contribution is 2.37. The van der Waals surface area contributed by atoms with E-state index in [0.717, 1.165) is 24.0 Å². The number of allylic oxidation sites excluding steroid dienone is 2. The summed E-state index contributed by atoms with van der Waals surface area (Å²) >= 11 is 0. The Bertz CT molecular complexity index is 802. The largest absolute Gasteiger partial charge is 0.496 e. The van der Waals surface area contributed by atoms with Gasteiger partial charge in [0, 0.05) is 11.1 Å². The topological polar surface area (TPSA) is 33.0 Å². The lowest BCUT2D eigenvalue weighted by molar-refractivity contribution is 0.416. The predicted molar refractivity (Wildman–Crippen MR) is 89.5 cm³/mol. The molecule has 0 aliphatic heterocycles. The molecule has 1 aliphatic rings. The van der Waals surface area contributed by atoms with Gasteiger partial charge in [-0.05, 0) is 49.0 Å². The number of nitrogens with zero attached hydrogens (tertiary/aromatic N) is 1. The van der Waals surface area contributed by atoms with Gasteiger partial charge in [-0.2, -0.15) is 5.26 Å². The molecule has 0 atom stereocenters. The van der Waals surface area contributed by atoms with Gasteiger partial charge in [0.25, 0.3) is 0 Å². The van der Waals surface area contributed by atoms with Crippen molar-refractivity contribution in [1.29, 1.82) is 5.26 Å². The zero-order valence-corrected chi connectivity index (χ0v) is 13.1. The Morgan fingerprint density at radius 3 is 2.70 bits per heavy atom. The third-order valence-corrected chi connectivity index (χ3v) is 4.28. The highest BCUT2D eigenvalue weighted by Gasteiger charge is 2.15. The van der Waals surface area contributed by atoms with Crippen molar-refractivity contribution >= 4 is 5.57 Å². The minimum atomic E-state index is -0.508. The number of hydrogen-bond acceptors (Lipinski definition) is 2. The summed E-state index contributed by atoms with van der Waals surface area (Å²) in [5, 5.41) is 9.24. The molecule has 0 radical (unpaired) electrons. The summed E-state index contributed by atoms with van der Waals surface area (Å²) in [4.78, 5) is 0.